The van der Waals surface area contributed by atoms with E-state index in [-0.39, 0.29) is 28.5 Å². The number of esters is 1. The molecule has 3 nitrogen and oxygen atoms in total. The predicted molar refractivity (Wildman–Crippen MR) is 118 cm³/mol. The van der Waals surface area contributed by atoms with Crippen molar-refractivity contribution in [2.24, 2.45) is 0 Å². The molecule has 1 aromatic carbocycles. The SMILES string of the molecule is CCCCCCCCOC(=O)C(C)c1c(C(C)(C)C)cc(O)cc1C(C)(C)C. The lowest BCUT2D eigenvalue weighted by atomic mass is 9.73. The lowest BCUT2D eigenvalue weighted by Crippen LogP contribution is -2.26. The molecule has 3 heteroatoms. The van der Waals surface area contributed by atoms with E-state index in [9.17, 15) is 9.90 Å². The van der Waals surface area contributed by atoms with Crippen molar-refractivity contribution in [3.05, 3.63) is 28.8 Å². The number of benzene rings is 1. The van der Waals surface area contributed by atoms with Gasteiger partial charge in [0.15, 0.2) is 0 Å². The second kappa shape index (κ2) is 10.3. The van der Waals surface area contributed by atoms with Gasteiger partial charge >= 0.3 is 5.97 Å². The molecule has 1 unspecified atom stereocenters. The summed E-state index contributed by atoms with van der Waals surface area (Å²) in [6.07, 6.45) is 7.03. The number of unbranched alkanes of at least 4 members (excludes halogenated alkanes) is 5. The van der Waals surface area contributed by atoms with Crippen molar-refractivity contribution in [2.75, 3.05) is 6.61 Å². The highest BCUT2D eigenvalue weighted by molar-refractivity contribution is 5.79. The minimum Gasteiger partial charge on any atom is -0.508 e. The van der Waals surface area contributed by atoms with Crippen molar-refractivity contribution in [3.8, 4) is 5.75 Å². The normalized spacial score (nSPS) is 13.4. The Morgan fingerprint density at radius 2 is 1.39 bits per heavy atom. The summed E-state index contributed by atoms with van der Waals surface area (Å²) in [4.78, 5) is 12.8. The maximum Gasteiger partial charge on any atom is 0.313 e. The summed E-state index contributed by atoms with van der Waals surface area (Å²) in [7, 11) is 0. The number of carbonyl (C=O) groups excluding carboxylic acids is 1. The quantitative estimate of drug-likeness (QED) is 0.365. The Hall–Kier alpha value is -1.51. The molecule has 0 fully saturated rings. The molecule has 0 amide bonds. The second-order valence-corrected chi connectivity index (χ2v) is 10.1. The van der Waals surface area contributed by atoms with Gasteiger partial charge in [0, 0.05) is 0 Å². The number of rotatable bonds is 9. The maximum atomic E-state index is 12.8. The van der Waals surface area contributed by atoms with E-state index < -0.39 is 0 Å². The highest BCUT2D eigenvalue weighted by Crippen LogP contribution is 2.41. The highest BCUT2D eigenvalue weighted by atomic mass is 16.5. The molecule has 0 aliphatic rings. The number of hydrogen-bond acceptors (Lipinski definition) is 3. The van der Waals surface area contributed by atoms with Crippen molar-refractivity contribution in [1.29, 1.82) is 0 Å². The van der Waals surface area contributed by atoms with Crippen LogP contribution in [0.5, 0.6) is 5.75 Å². The molecule has 0 bridgehead atoms. The third-order valence-corrected chi connectivity index (χ3v) is 5.31. The molecule has 0 saturated heterocycles. The molecule has 0 aliphatic heterocycles. The molecule has 0 heterocycles. The van der Waals surface area contributed by atoms with E-state index >= 15 is 0 Å². The Labute approximate surface area is 172 Å². The standard InChI is InChI=1S/C25H42O3/c1-9-10-11-12-13-14-15-28-23(27)18(2)22-20(24(3,4)5)16-19(26)17-21(22)25(6,7)8/h16-18,26H,9-15H2,1-8H3. The first-order valence-corrected chi connectivity index (χ1v) is 10.9. The van der Waals surface area contributed by atoms with Gasteiger partial charge in [-0.1, -0.05) is 80.6 Å². The van der Waals surface area contributed by atoms with Crippen LogP contribution in [-0.2, 0) is 20.4 Å². The smallest absolute Gasteiger partial charge is 0.313 e. The molecule has 28 heavy (non-hydrogen) atoms. The van der Waals surface area contributed by atoms with Crippen LogP contribution < -0.4 is 0 Å². The average molecular weight is 391 g/mol. The molecule has 0 saturated carbocycles. The van der Waals surface area contributed by atoms with E-state index in [2.05, 4.69) is 48.5 Å². The minimum absolute atomic E-state index is 0.171. The zero-order valence-corrected chi connectivity index (χ0v) is 19.4. The van der Waals surface area contributed by atoms with Crippen molar-refractivity contribution in [3.63, 3.8) is 0 Å². The van der Waals surface area contributed by atoms with Gasteiger partial charge in [0.1, 0.15) is 5.75 Å². The first-order chi connectivity index (χ1) is 12.9. The summed E-state index contributed by atoms with van der Waals surface area (Å²) < 4.78 is 5.63. The van der Waals surface area contributed by atoms with Gasteiger partial charge in [-0.2, -0.15) is 0 Å². The number of phenolic OH excluding ortho intramolecular Hbond substituents is 1. The van der Waals surface area contributed by atoms with Crippen LogP contribution in [0.1, 0.15) is 117 Å². The molecule has 0 spiro atoms. The van der Waals surface area contributed by atoms with Crippen molar-refractivity contribution in [2.45, 2.75) is 111 Å². The molecular formula is C25H42O3. The third-order valence-electron chi connectivity index (χ3n) is 5.31. The molecule has 1 N–H and O–H groups in total. The lowest BCUT2D eigenvalue weighted by molar-refractivity contribution is -0.145. The van der Waals surface area contributed by atoms with Gasteiger partial charge in [-0.3, -0.25) is 4.79 Å². The molecule has 0 aromatic heterocycles. The molecule has 0 aliphatic carbocycles. The van der Waals surface area contributed by atoms with Crippen LogP contribution in [0.3, 0.4) is 0 Å². The predicted octanol–water partition coefficient (Wildman–Crippen LogP) is 6.99. The lowest BCUT2D eigenvalue weighted by Gasteiger charge is -2.32. The topological polar surface area (TPSA) is 46.5 Å². The van der Waals surface area contributed by atoms with Crippen molar-refractivity contribution in [1.82, 2.24) is 0 Å². The van der Waals surface area contributed by atoms with E-state index in [0.717, 1.165) is 29.5 Å². The first kappa shape index (κ1) is 24.5. The van der Waals surface area contributed by atoms with Gasteiger partial charge in [0.2, 0.25) is 0 Å². The van der Waals surface area contributed by atoms with Gasteiger partial charge in [-0.15, -0.1) is 0 Å². The molecule has 1 rings (SSSR count). The minimum atomic E-state index is -0.357. The monoisotopic (exact) mass is 390 g/mol. The number of carbonyl (C=O) groups is 1. The molecule has 0 radical (unpaired) electrons. The molecule has 1 aromatic rings. The fourth-order valence-electron chi connectivity index (χ4n) is 3.64. The molecule has 1 atom stereocenters. The van der Waals surface area contributed by atoms with Crippen LogP contribution in [0.2, 0.25) is 0 Å². The largest absolute Gasteiger partial charge is 0.508 e. The molecule has 160 valence electrons. The van der Waals surface area contributed by atoms with E-state index in [1.165, 1.54) is 25.7 Å². The first-order valence-electron chi connectivity index (χ1n) is 10.9. The summed E-state index contributed by atoms with van der Waals surface area (Å²) in [5.74, 6) is -0.273. The second-order valence-electron chi connectivity index (χ2n) is 10.1. The molecular weight excluding hydrogens is 348 g/mol. The zero-order valence-electron chi connectivity index (χ0n) is 19.4. The Morgan fingerprint density at radius 3 is 1.86 bits per heavy atom. The van der Waals surface area contributed by atoms with Gasteiger partial charge in [-0.05, 0) is 53.0 Å². The number of hydrogen-bond donors (Lipinski definition) is 1. The van der Waals surface area contributed by atoms with E-state index in [1.807, 2.05) is 19.1 Å². The van der Waals surface area contributed by atoms with Gasteiger partial charge < -0.3 is 9.84 Å². The summed E-state index contributed by atoms with van der Waals surface area (Å²) in [5.41, 5.74) is 2.68. The van der Waals surface area contributed by atoms with Crippen LogP contribution in [0, 0.1) is 0 Å². The zero-order chi connectivity index (χ0) is 21.5. The van der Waals surface area contributed by atoms with E-state index in [1.54, 1.807) is 0 Å². The van der Waals surface area contributed by atoms with Crippen LogP contribution in [-0.4, -0.2) is 17.7 Å². The van der Waals surface area contributed by atoms with Crippen molar-refractivity contribution < 1.29 is 14.6 Å². The summed E-state index contributed by atoms with van der Waals surface area (Å²) in [6.45, 7) is 17.3. The number of phenols is 1. The van der Waals surface area contributed by atoms with Crippen molar-refractivity contribution >= 4 is 5.97 Å². The van der Waals surface area contributed by atoms with Crippen LogP contribution in [0.4, 0.5) is 0 Å². The Balaban J connectivity index is 2.99. The van der Waals surface area contributed by atoms with E-state index in [0.29, 0.717) is 6.61 Å². The average Bonchev–Trinajstić information content (AvgIpc) is 2.58. The Bertz CT molecular complexity index is 597. The fraction of sp³-hybridized carbons (Fsp3) is 0.720. The van der Waals surface area contributed by atoms with Crippen LogP contribution >= 0.6 is 0 Å². The summed E-state index contributed by atoms with van der Waals surface area (Å²) in [5, 5.41) is 10.3. The highest BCUT2D eigenvalue weighted by Gasteiger charge is 2.32. The van der Waals surface area contributed by atoms with Gasteiger partial charge in [-0.25, -0.2) is 0 Å². The number of ether oxygens (including phenoxy) is 1. The van der Waals surface area contributed by atoms with Crippen LogP contribution in [0.25, 0.3) is 0 Å². The maximum absolute atomic E-state index is 12.8. The summed E-state index contributed by atoms with van der Waals surface area (Å²) >= 11 is 0. The third kappa shape index (κ3) is 7.14. The van der Waals surface area contributed by atoms with Crippen LogP contribution in [0.15, 0.2) is 12.1 Å². The van der Waals surface area contributed by atoms with E-state index in [4.69, 9.17) is 4.74 Å². The number of aromatic hydroxyl groups is 1. The summed E-state index contributed by atoms with van der Waals surface area (Å²) in [6, 6.07) is 3.62. The van der Waals surface area contributed by atoms with Gasteiger partial charge in [0.25, 0.3) is 0 Å². The Morgan fingerprint density at radius 1 is 0.929 bits per heavy atom. The fourth-order valence-corrected chi connectivity index (χ4v) is 3.64. The van der Waals surface area contributed by atoms with Gasteiger partial charge in [0.05, 0.1) is 12.5 Å². The Kier molecular flexibility index (Phi) is 9.04.